The first-order valence-corrected chi connectivity index (χ1v) is 8.95. The Hall–Kier alpha value is -2.60. The lowest BCUT2D eigenvalue weighted by Crippen LogP contribution is -2.46. The van der Waals surface area contributed by atoms with Crippen LogP contribution in [0, 0.1) is 5.82 Å². The highest BCUT2D eigenvalue weighted by atomic mass is 32.1. The van der Waals surface area contributed by atoms with Crippen molar-refractivity contribution < 1.29 is 9.18 Å². The van der Waals surface area contributed by atoms with Crippen LogP contribution in [0.2, 0.25) is 0 Å². The fraction of sp³-hybridized carbons (Fsp3) is 0.211. The van der Waals surface area contributed by atoms with Crippen LogP contribution < -0.4 is 5.32 Å². The van der Waals surface area contributed by atoms with Crippen LogP contribution in [0.3, 0.4) is 0 Å². The van der Waals surface area contributed by atoms with E-state index < -0.39 is 5.41 Å². The summed E-state index contributed by atoms with van der Waals surface area (Å²) in [4.78, 5) is 12.9. The number of anilines is 1. The van der Waals surface area contributed by atoms with Gasteiger partial charge < -0.3 is 0 Å². The van der Waals surface area contributed by atoms with E-state index in [9.17, 15) is 9.18 Å². The van der Waals surface area contributed by atoms with Crippen molar-refractivity contribution >= 4 is 22.4 Å². The standard InChI is InChI=1S/C19H16FN3OS/c20-15-9-4-8-14(12-15)19(10-5-11-19)17(24)21-18-23-22-16(25-18)13-6-2-1-3-7-13/h1-4,6-9,12H,5,10-11H2,(H,21,23,24). The molecule has 0 aliphatic heterocycles. The summed E-state index contributed by atoms with van der Waals surface area (Å²) in [5.41, 5.74) is 1.02. The number of nitrogens with zero attached hydrogens (tertiary/aromatic N) is 2. The van der Waals surface area contributed by atoms with Gasteiger partial charge in [0.15, 0.2) is 0 Å². The molecule has 0 bridgehead atoms. The average Bonchev–Trinajstić information content (AvgIpc) is 3.03. The Morgan fingerprint density at radius 1 is 1.08 bits per heavy atom. The zero-order valence-electron chi connectivity index (χ0n) is 13.4. The average molecular weight is 353 g/mol. The Balaban J connectivity index is 1.56. The maximum atomic E-state index is 13.6. The zero-order valence-corrected chi connectivity index (χ0v) is 14.2. The summed E-state index contributed by atoms with van der Waals surface area (Å²) in [5.74, 6) is -0.459. The van der Waals surface area contributed by atoms with E-state index in [0.29, 0.717) is 18.0 Å². The van der Waals surface area contributed by atoms with E-state index >= 15 is 0 Å². The van der Waals surface area contributed by atoms with Crippen LogP contribution in [0.25, 0.3) is 10.6 Å². The van der Waals surface area contributed by atoms with Crippen molar-refractivity contribution in [2.24, 2.45) is 0 Å². The number of aromatic nitrogens is 2. The van der Waals surface area contributed by atoms with E-state index in [2.05, 4.69) is 15.5 Å². The predicted molar refractivity (Wildman–Crippen MR) is 95.9 cm³/mol. The highest BCUT2D eigenvalue weighted by Crippen LogP contribution is 2.45. The Morgan fingerprint density at radius 2 is 1.88 bits per heavy atom. The molecule has 0 unspecified atom stereocenters. The number of hydrogen-bond donors (Lipinski definition) is 1. The van der Waals surface area contributed by atoms with Gasteiger partial charge in [0.05, 0.1) is 5.41 Å². The van der Waals surface area contributed by atoms with Crippen molar-refractivity contribution in [1.82, 2.24) is 10.2 Å². The number of amides is 1. The summed E-state index contributed by atoms with van der Waals surface area (Å²) in [7, 11) is 0. The maximum Gasteiger partial charge on any atom is 0.236 e. The summed E-state index contributed by atoms with van der Waals surface area (Å²) in [6.07, 6.45) is 2.38. The summed E-state index contributed by atoms with van der Waals surface area (Å²) < 4.78 is 13.6. The number of carbonyl (C=O) groups excluding carboxylic acids is 1. The van der Waals surface area contributed by atoms with E-state index in [1.54, 1.807) is 6.07 Å². The maximum absolute atomic E-state index is 13.6. The van der Waals surface area contributed by atoms with E-state index in [1.165, 1.54) is 23.5 Å². The second-order valence-corrected chi connectivity index (χ2v) is 7.16. The number of benzene rings is 2. The minimum absolute atomic E-state index is 0.139. The minimum atomic E-state index is -0.666. The van der Waals surface area contributed by atoms with E-state index in [1.807, 2.05) is 36.4 Å². The van der Waals surface area contributed by atoms with Crippen LogP contribution >= 0.6 is 11.3 Å². The molecule has 1 saturated carbocycles. The molecule has 1 heterocycles. The quantitative estimate of drug-likeness (QED) is 0.756. The van der Waals surface area contributed by atoms with Crippen LogP contribution in [0.5, 0.6) is 0 Å². The molecule has 1 N–H and O–H groups in total. The van der Waals surface area contributed by atoms with Crippen LogP contribution in [-0.4, -0.2) is 16.1 Å². The number of rotatable bonds is 4. The van der Waals surface area contributed by atoms with Crippen molar-refractivity contribution in [1.29, 1.82) is 0 Å². The van der Waals surface area contributed by atoms with Crippen LogP contribution in [0.1, 0.15) is 24.8 Å². The SMILES string of the molecule is O=C(Nc1nnc(-c2ccccc2)s1)C1(c2cccc(F)c2)CCC1. The third kappa shape index (κ3) is 2.93. The van der Waals surface area contributed by atoms with Crippen molar-refractivity contribution in [2.75, 3.05) is 5.32 Å². The Bertz CT molecular complexity index is 906. The third-order valence-corrected chi connectivity index (χ3v) is 5.57. The fourth-order valence-corrected chi connectivity index (χ4v) is 3.90. The minimum Gasteiger partial charge on any atom is -0.300 e. The van der Waals surface area contributed by atoms with Gasteiger partial charge in [0.1, 0.15) is 10.8 Å². The van der Waals surface area contributed by atoms with Gasteiger partial charge in [-0.15, -0.1) is 10.2 Å². The highest BCUT2D eigenvalue weighted by Gasteiger charge is 2.46. The van der Waals surface area contributed by atoms with Crippen molar-refractivity contribution in [3.63, 3.8) is 0 Å². The van der Waals surface area contributed by atoms with Gasteiger partial charge in [-0.25, -0.2) is 4.39 Å². The zero-order chi connectivity index (χ0) is 17.3. The second-order valence-electron chi connectivity index (χ2n) is 6.18. The van der Waals surface area contributed by atoms with Crippen LogP contribution in [0.15, 0.2) is 54.6 Å². The number of carbonyl (C=O) groups is 1. The van der Waals surface area contributed by atoms with Gasteiger partial charge in [0.2, 0.25) is 11.0 Å². The molecule has 25 heavy (non-hydrogen) atoms. The Labute approximate surface area is 148 Å². The molecule has 0 radical (unpaired) electrons. The van der Waals surface area contributed by atoms with Crippen molar-refractivity contribution in [2.45, 2.75) is 24.7 Å². The summed E-state index contributed by atoms with van der Waals surface area (Å²) in [6.45, 7) is 0. The van der Waals surface area contributed by atoms with Crippen molar-refractivity contribution in [3.8, 4) is 10.6 Å². The molecule has 6 heteroatoms. The molecule has 126 valence electrons. The summed E-state index contributed by atoms with van der Waals surface area (Å²) in [6, 6.07) is 16.0. The molecule has 1 aliphatic rings. The van der Waals surface area contributed by atoms with Gasteiger partial charge in [-0.2, -0.15) is 0 Å². The monoisotopic (exact) mass is 353 g/mol. The molecule has 1 fully saturated rings. The molecule has 1 aromatic heterocycles. The molecule has 4 nitrogen and oxygen atoms in total. The topological polar surface area (TPSA) is 54.9 Å². The number of nitrogens with one attached hydrogen (secondary N) is 1. The van der Waals surface area contributed by atoms with Gasteiger partial charge in [-0.1, -0.05) is 60.2 Å². The van der Waals surface area contributed by atoms with E-state index in [4.69, 9.17) is 0 Å². The molecule has 3 aromatic rings. The fourth-order valence-electron chi connectivity index (χ4n) is 3.15. The lowest BCUT2D eigenvalue weighted by Gasteiger charge is -2.40. The van der Waals surface area contributed by atoms with Crippen LogP contribution in [0.4, 0.5) is 9.52 Å². The first-order chi connectivity index (χ1) is 12.2. The van der Waals surface area contributed by atoms with Gasteiger partial charge in [0.25, 0.3) is 0 Å². The summed E-state index contributed by atoms with van der Waals surface area (Å²) >= 11 is 1.34. The molecule has 0 atom stereocenters. The normalized spacial score (nSPS) is 15.4. The predicted octanol–water partition coefficient (Wildman–Crippen LogP) is 4.40. The Morgan fingerprint density at radius 3 is 2.56 bits per heavy atom. The van der Waals surface area contributed by atoms with Crippen molar-refractivity contribution in [3.05, 3.63) is 66.0 Å². The van der Waals surface area contributed by atoms with Gasteiger partial charge in [-0.3, -0.25) is 10.1 Å². The lowest BCUT2D eigenvalue weighted by atomic mass is 9.64. The molecular formula is C19H16FN3OS. The summed E-state index contributed by atoms with van der Waals surface area (Å²) in [5, 5.41) is 12.3. The molecule has 2 aromatic carbocycles. The third-order valence-electron chi connectivity index (χ3n) is 4.69. The van der Waals surface area contributed by atoms with Crippen LogP contribution in [-0.2, 0) is 10.2 Å². The first-order valence-electron chi connectivity index (χ1n) is 8.14. The molecule has 0 spiro atoms. The number of halogens is 1. The Kier molecular flexibility index (Phi) is 4.05. The second kappa shape index (κ2) is 6.37. The molecule has 0 saturated heterocycles. The van der Waals surface area contributed by atoms with Gasteiger partial charge >= 0.3 is 0 Å². The van der Waals surface area contributed by atoms with Gasteiger partial charge in [-0.05, 0) is 30.5 Å². The van der Waals surface area contributed by atoms with Gasteiger partial charge in [0, 0.05) is 5.56 Å². The number of hydrogen-bond acceptors (Lipinski definition) is 4. The molecule has 4 rings (SSSR count). The van der Waals surface area contributed by atoms with E-state index in [0.717, 1.165) is 22.6 Å². The highest BCUT2D eigenvalue weighted by molar-refractivity contribution is 7.18. The molecular weight excluding hydrogens is 337 g/mol. The largest absolute Gasteiger partial charge is 0.300 e. The molecule has 1 aliphatic carbocycles. The lowest BCUT2D eigenvalue weighted by molar-refractivity contribution is -0.124. The first kappa shape index (κ1) is 15.9. The molecule has 1 amide bonds. The van der Waals surface area contributed by atoms with E-state index in [-0.39, 0.29) is 11.7 Å². The smallest absolute Gasteiger partial charge is 0.236 e.